The monoisotopic (exact) mass is 284 g/mol. The molecule has 0 spiro atoms. The molecule has 0 bridgehead atoms. The number of rotatable bonds is 3. The molecule has 3 aromatic rings. The number of aromatic amines is 1. The standard InChI is InChI=1S/C14H16N6O/c1-19(6-9-5-18-20(2)7-9)13-4-12-10(3-11(13)15)14(21)17-8-16-12/h3-5,7-8H,6,15H2,1-2H3,(H,16,17,21). The number of benzene rings is 1. The highest BCUT2D eigenvalue weighted by atomic mass is 16.1. The van der Waals surface area contributed by atoms with E-state index in [4.69, 9.17) is 5.73 Å². The summed E-state index contributed by atoms with van der Waals surface area (Å²) in [4.78, 5) is 20.5. The Labute approximate surface area is 121 Å². The second kappa shape index (κ2) is 4.93. The molecule has 21 heavy (non-hydrogen) atoms. The summed E-state index contributed by atoms with van der Waals surface area (Å²) in [6.07, 6.45) is 5.17. The van der Waals surface area contributed by atoms with Crippen LogP contribution in [0.4, 0.5) is 11.4 Å². The van der Waals surface area contributed by atoms with Gasteiger partial charge in [0.15, 0.2) is 0 Å². The molecule has 0 fully saturated rings. The molecule has 0 radical (unpaired) electrons. The van der Waals surface area contributed by atoms with E-state index in [0.717, 1.165) is 11.3 Å². The average molecular weight is 284 g/mol. The van der Waals surface area contributed by atoms with Gasteiger partial charge in [0.05, 0.1) is 34.8 Å². The lowest BCUT2D eigenvalue weighted by atomic mass is 10.1. The van der Waals surface area contributed by atoms with Gasteiger partial charge in [0.25, 0.3) is 5.56 Å². The molecule has 0 saturated heterocycles. The Hall–Kier alpha value is -2.83. The number of fused-ring (bicyclic) bond motifs is 1. The number of hydrogen-bond acceptors (Lipinski definition) is 5. The van der Waals surface area contributed by atoms with Gasteiger partial charge in [-0.2, -0.15) is 5.10 Å². The van der Waals surface area contributed by atoms with Crippen LogP contribution in [0.3, 0.4) is 0 Å². The first-order chi connectivity index (χ1) is 10.0. The molecule has 0 aliphatic carbocycles. The van der Waals surface area contributed by atoms with Crippen molar-refractivity contribution in [2.75, 3.05) is 17.7 Å². The zero-order chi connectivity index (χ0) is 15.0. The fourth-order valence-corrected chi connectivity index (χ4v) is 2.36. The van der Waals surface area contributed by atoms with E-state index in [2.05, 4.69) is 15.1 Å². The van der Waals surface area contributed by atoms with Gasteiger partial charge in [-0.1, -0.05) is 0 Å². The summed E-state index contributed by atoms with van der Waals surface area (Å²) in [6.45, 7) is 0.673. The van der Waals surface area contributed by atoms with Crippen molar-refractivity contribution in [3.8, 4) is 0 Å². The van der Waals surface area contributed by atoms with Crippen LogP contribution in [0.25, 0.3) is 10.9 Å². The molecule has 2 aromatic heterocycles. The Kier molecular flexibility index (Phi) is 3.09. The van der Waals surface area contributed by atoms with E-state index in [0.29, 0.717) is 23.1 Å². The van der Waals surface area contributed by atoms with Gasteiger partial charge in [-0.15, -0.1) is 0 Å². The SMILES string of the molecule is CN(Cc1cnn(C)c1)c1cc2nc[nH]c(=O)c2cc1N. The summed E-state index contributed by atoms with van der Waals surface area (Å²) >= 11 is 0. The average Bonchev–Trinajstić information content (AvgIpc) is 2.84. The van der Waals surface area contributed by atoms with Crippen molar-refractivity contribution in [1.82, 2.24) is 19.7 Å². The summed E-state index contributed by atoms with van der Waals surface area (Å²) in [7, 11) is 3.82. The minimum Gasteiger partial charge on any atom is -0.397 e. The van der Waals surface area contributed by atoms with Crippen molar-refractivity contribution in [3.05, 3.63) is 46.8 Å². The predicted molar refractivity (Wildman–Crippen MR) is 82.1 cm³/mol. The quantitative estimate of drug-likeness (QED) is 0.696. The molecule has 0 aliphatic rings. The van der Waals surface area contributed by atoms with E-state index in [1.54, 1.807) is 10.7 Å². The van der Waals surface area contributed by atoms with E-state index >= 15 is 0 Å². The van der Waals surface area contributed by atoms with Crippen LogP contribution in [-0.4, -0.2) is 26.8 Å². The van der Waals surface area contributed by atoms with Gasteiger partial charge in [0.2, 0.25) is 0 Å². The Morgan fingerprint density at radius 2 is 2.24 bits per heavy atom. The maximum absolute atomic E-state index is 11.7. The van der Waals surface area contributed by atoms with Gasteiger partial charge in [-0.05, 0) is 12.1 Å². The maximum Gasteiger partial charge on any atom is 0.258 e. The van der Waals surface area contributed by atoms with E-state index in [1.165, 1.54) is 6.33 Å². The molecule has 3 N–H and O–H groups in total. The van der Waals surface area contributed by atoms with Crippen molar-refractivity contribution in [2.45, 2.75) is 6.54 Å². The minimum absolute atomic E-state index is 0.187. The number of H-pyrrole nitrogens is 1. The number of aromatic nitrogens is 4. The fraction of sp³-hybridized carbons (Fsp3) is 0.214. The van der Waals surface area contributed by atoms with Gasteiger partial charge in [-0.25, -0.2) is 4.98 Å². The van der Waals surface area contributed by atoms with Crippen LogP contribution in [0.15, 0.2) is 35.6 Å². The van der Waals surface area contributed by atoms with Gasteiger partial charge >= 0.3 is 0 Å². The van der Waals surface area contributed by atoms with Gasteiger partial charge in [0.1, 0.15) is 0 Å². The molecule has 0 amide bonds. The number of aryl methyl sites for hydroxylation is 1. The summed E-state index contributed by atoms with van der Waals surface area (Å²) in [5, 5.41) is 4.64. The number of nitrogens with one attached hydrogen (secondary N) is 1. The molecule has 0 atom stereocenters. The second-order valence-electron chi connectivity index (χ2n) is 5.04. The van der Waals surface area contributed by atoms with Crippen molar-refractivity contribution < 1.29 is 0 Å². The van der Waals surface area contributed by atoms with Crippen molar-refractivity contribution in [3.63, 3.8) is 0 Å². The minimum atomic E-state index is -0.187. The third-order valence-electron chi connectivity index (χ3n) is 3.38. The van der Waals surface area contributed by atoms with Crippen LogP contribution in [0, 0.1) is 0 Å². The zero-order valence-corrected chi connectivity index (χ0v) is 11.9. The van der Waals surface area contributed by atoms with Crippen molar-refractivity contribution in [2.24, 2.45) is 7.05 Å². The van der Waals surface area contributed by atoms with Crippen LogP contribution in [0.2, 0.25) is 0 Å². The number of nitrogens with two attached hydrogens (primary N) is 1. The van der Waals surface area contributed by atoms with Gasteiger partial charge in [0, 0.05) is 32.4 Å². The summed E-state index contributed by atoms with van der Waals surface area (Å²) in [5.41, 5.74) is 8.98. The van der Waals surface area contributed by atoms with Crippen LogP contribution < -0.4 is 16.2 Å². The number of nitrogen functional groups attached to an aromatic ring is 1. The lowest BCUT2D eigenvalue weighted by Crippen LogP contribution is -2.18. The second-order valence-corrected chi connectivity index (χ2v) is 5.04. The molecular formula is C14H16N6O. The first kappa shape index (κ1) is 13.2. The fourth-order valence-electron chi connectivity index (χ4n) is 2.36. The van der Waals surface area contributed by atoms with E-state index < -0.39 is 0 Å². The molecule has 108 valence electrons. The van der Waals surface area contributed by atoms with Gasteiger partial charge < -0.3 is 15.6 Å². The summed E-state index contributed by atoms with van der Waals surface area (Å²) < 4.78 is 1.76. The van der Waals surface area contributed by atoms with E-state index in [-0.39, 0.29) is 5.56 Å². The van der Waals surface area contributed by atoms with E-state index in [9.17, 15) is 4.79 Å². The number of anilines is 2. The lowest BCUT2D eigenvalue weighted by molar-refractivity contribution is 0.766. The molecule has 3 rings (SSSR count). The largest absolute Gasteiger partial charge is 0.397 e. The zero-order valence-electron chi connectivity index (χ0n) is 11.9. The number of hydrogen-bond donors (Lipinski definition) is 2. The van der Waals surface area contributed by atoms with Crippen LogP contribution in [0.1, 0.15) is 5.56 Å². The highest BCUT2D eigenvalue weighted by molar-refractivity contribution is 5.88. The third-order valence-corrected chi connectivity index (χ3v) is 3.38. The Bertz CT molecular complexity index is 850. The summed E-state index contributed by atoms with van der Waals surface area (Å²) in [6, 6.07) is 3.49. The van der Waals surface area contributed by atoms with Crippen molar-refractivity contribution >= 4 is 22.3 Å². The van der Waals surface area contributed by atoms with Crippen molar-refractivity contribution in [1.29, 1.82) is 0 Å². The first-order valence-corrected chi connectivity index (χ1v) is 6.50. The molecule has 7 heteroatoms. The summed E-state index contributed by atoms with van der Waals surface area (Å²) in [5.74, 6) is 0. The first-order valence-electron chi connectivity index (χ1n) is 6.50. The molecule has 1 aromatic carbocycles. The Morgan fingerprint density at radius 3 is 2.95 bits per heavy atom. The normalized spacial score (nSPS) is 11.0. The molecule has 0 aliphatic heterocycles. The predicted octanol–water partition coefficient (Wildman–Crippen LogP) is 0.875. The third kappa shape index (κ3) is 2.45. The molecular weight excluding hydrogens is 268 g/mol. The Balaban J connectivity index is 1.99. The maximum atomic E-state index is 11.7. The van der Waals surface area contributed by atoms with Crippen LogP contribution in [0.5, 0.6) is 0 Å². The van der Waals surface area contributed by atoms with Crippen LogP contribution in [-0.2, 0) is 13.6 Å². The highest BCUT2D eigenvalue weighted by Gasteiger charge is 2.11. The molecule has 2 heterocycles. The smallest absolute Gasteiger partial charge is 0.258 e. The lowest BCUT2D eigenvalue weighted by Gasteiger charge is -2.20. The van der Waals surface area contributed by atoms with Gasteiger partial charge in [-0.3, -0.25) is 9.48 Å². The van der Waals surface area contributed by atoms with Crippen LogP contribution >= 0.6 is 0 Å². The Morgan fingerprint density at radius 1 is 1.43 bits per heavy atom. The number of nitrogens with zero attached hydrogens (tertiary/aromatic N) is 4. The highest BCUT2D eigenvalue weighted by Crippen LogP contribution is 2.27. The molecule has 7 nitrogen and oxygen atoms in total. The topological polar surface area (TPSA) is 92.8 Å². The molecule has 0 saturated carbocycles. The van der Waals surface area contributed by atoms with E-state index in [1.807, 2.05) is 37.5 Å². The molecule has 0 unspecified atom stereocenters.